The van der Waals surface area contributed by atoms with Gasteiger partial charge in [-0.15, -0.1) is 0 Å². The lowest BCUT2D eigenvalue weighted by molar-refractivity contribution is 0.190. The first-order valence-corrected chi connectivity index (χ1v) is 12.6. The Morgan fingerprint density at radius 2 is 1.67 bits per heavy atom. The fraction of sp³-hybridized carbons (Fsp3) is 0.345. The van der Waals surface area contributed by atoms with Crippen LogP contribution in [0.25, 0.3) is 0 Å². The van der Waals surface area contributed by atoms with Gasteiger partial charge >= 0.3 is 0 Å². The van der Waals surface area contributed by atoms with E-state index in [1.807, 2.05) is 24.3 Å². The Morgan fingerprint density at radius 1 is 0.972 bits per heavy atom. The van der Waals surface area contributed by atoms with Gasteiger partial charge in [-0.1, -0.05) is 25.1 Å². The molecular weight excluding hydrogens is 472 g/mol. The maximum Gasteiger partial charge on any atom is 0.174 e. The van der Waals surface area contributed by atoms with Gasteiger partial charge in [0.25, 0.3) is 0 Å². The van der Waals surface area contributed by atoms with Crippen LogP contribution in [0.3, 0.4) is 0 Å². The van der Waals surface area contributed by atoms with Gasteiger partial charge in [0.2, 0.25) is 0 Å². The summed E-state index contributed by atoms with van der Waals surface area (Å²) in [5, 5.41) is 4.24. The molecule has 36 heavy (non-hydrogen) atoms. The Hall–Kier alpha value is -3.45. The van der Waals surface area contributed by atoms with E-state index in [2.05, 4.69) is 54.4 Å². The number of thiocarbonyl (C=S) groups is 1. The van der Waals surface area contributed by atoms with Crippen LogP contribution in [0.2, 0.25) is 0 Å². The molecule has 7 heteroatoms. The first-order chi connectivity index (χ1) is 17.5. The van der Waals surface area contributed by atoms with Crippen molar-refractivity contribution in [2.24, 2.45) is 0 Å². The van der Waals surface area contributed by atoms with Crippen LogP contribution in [-0.4, -0.2) is 44.5 Å². The third-order valence-electron chi connectivity index (χ3n) is 6.70. The van der Waals surface area contributed by atoms with Gasteiger partial charge in [-0.3, -0.25) is 0 Å². The van der Waals surface area contributed by atoms with E-state index >= 15 is 0 Å². The van der Waals surface area contributed by atoms with Crippen LogP contribution in [0.15, 0.2) is 54.6 Å². The molecule has 0 fully saturated rings. The predicted octanol–water partition coefficient (Wildman–Crippen LogP) is 5.96. The number of benzene rings is 3. The van der Waals surface area contributed by atoms with Crippen molar-refractivity contribution in [2.75, 3.05) is 39.8 Å². The number of nitrogens with one attached hydrogen (secondary N) is 1. The monoisotopic (exact) mass is 506 g/mol. The zero-order valence-corrected chi connectivity index (χ0v) is 22.4. The topological polar surface area (TPSA) is 52.2 Å². The lowest BCUT2D eigenvalue weighted by atomic mass is 9.92. The summed E-state index contributed by atoms with van der Waals surface area (Å²) < 4.78 is 22.7. The van der Waals surface area contributed by atoms with Crippen LogP contribution < -0.4 is 24.3 Å². The van der Waals surface area contributed by atoms with Crippen LogP contribution >= 0.6 is 12.2 Å². The summed E-state index contributed by atoms with van der Waals surface area (Å²) >= 11 is 5.99. The van der Waals surface area contributed by atoms with Gasteiger partial charge in [-0.2, -0.15) is 0 Å². The maximum absolute atomic E-state index is 6.27. The highest BCUT2D eigenvalue weighted by atomic mass is 32.1. The molecule has 0 radical (unpaired) electrons. The average Bonchev–Trinajstić information content (AvgIpc) is 2.91. The number of nitrogens with zero attached hydrogens (tertiary/aromatic N) is 1. The van der Waals surface area contributed by atoms with E-state index in [4.69, 9.17) is 31.2 Å². The van der Waals surface area contributed by atoms with Crippen LogP contribution in [0.4, 0.5) is 5.69 Å². The minimum absolute atomic E-state index is 0.107. The predicted molar refractivity (Wildman–Crippen MR) is 148 cm³/mol. The average molecular weight is 507 g/mol. The zero-order valence-electron chi connectivity index (χ0n) is 21.6. The molecule has 1 N–H and O–H groups in total. The van der Waals surface area contributed by atoms with Gasteiger partial charge in [0.15, 0.2) is 16.6 Å². The Bertz CT molecular complexity index is 1210. The van der Waals surface area contributed by atoms with Crippen molar-refractivity contribution in [2.45, 2.75) is 32.7 Å². The van der Waals surface area contributed by atoms with Crippen molar-refractivity contribution in [1.29, 1.82) is 0 Å². The summed E-state index contributed by atoms with van der Waals surface area (Å²) in [6.07, 6.45) is 1.77. The van der Waals surface area contributed by atoms with Gasteiger partial charge in [0, 0.05) is 12.2 Å². The Balaban J connectivity index is 1.66. The Morgan fingerprint density at radius 3 is 2.33 bits per heavy atom. The Kier molecular flexibility index (Phi) is 8.21. The van der Waals surface area contributed by atoms with Crippen molar-refractivity contribution < 1.29 is 18.9 Å². The summed E-state index contributed by atoms with van der Waals surface area (Å²) in [4.78, 5) is 2.22. The third-order valence-corrected chi connectivity index (χ3v) is 7.04. The van der Waals surface area contributed by atoms with Crippen molar-refractivity contribution in [3.63, 3.8) is 0 Å². The largest absolute Gasteiger partial charge is 0.497 e. The van der Waals surface area contributed by atoms with Gasteiger partial charge in [0.1, 0.15) is 18.1 Å². The SMILES string of the molecule is CCc1cccc(C)c1NC(=S)N1CCc2cc(OC)c(OC)cc2C1COc1ccc(OC)cc1. The molecule has 4 rings (SSSR count). The number of para-hydroxylation sites is 1. The molecule has 0 spiro atoms. The number of hydrogen-bond donors (Lipinski definition) is 1. The van der Waals surface area contributed by atoms with Gasteiger partial charge < -0.3 is 29.2 Å². The van der Waals surface area contributed by atoms with Crippen molar-refractivity contribution >= 4 is 23.0 Å². The smallest absolute Gasteiger partial charge is 0.174 e. The second kappa shape index (κ2) is 11.5. The Labute approximate surface area is 219 Å². The highest BCUT2D eigenvalue weighted by molar-refractivity contribution is 7.80. The first kappa shape index (κ1) is 25.6. The molecule has 1 heterocycles. The van der Waals surface area contributed by atoms with Gasteiger partial charge in [0.05, 0.1) is 27.4 Å². The molecule has 0 bridgehead atoms. The van der Waals surface area contributed by atoms with Crippen molar-refractivity contribution in [3.05, 3.63) is 76.9 Å². The van der Waals surface area contributed by atoms with Gasteiger partial charge in [-0.05, 0) is 90.6 Å². The van der Waals surface area contributed by atoms with Crippen LogP contribution in [0.5, 0.6) is 23.0 Å². The van der Waals surface area contributed by atoms with E-state index in [-0.39, 0.29) is 6.04 Å². The first-order valence-electron chi connectivity index (χ1n) is 12.2. The zero-order chi connectivity index (χ0) is 25.7. The fourth-order valence-corrected chi connectivity index (χ4v) is 5.00. The summed E-state index contributed by atoms with van der Waals surface area (Å²) in [6, 6.07) is 18.0. The van der Waals surface area contributed by atoms with Crippen molar-refractivity contribution in [1.82, 2.24) is 4.90 Å². The van der Waals surface area contributed by atoms with Crippen LogP contribution in [0, 0.1) is 6.92 Å². The number of anilines is 1. The molecular formula is C29H34N2O4S. The minimum Gasteiger partial charge on any atom is -0.497 e. The molecule has 1 aliphatic heterocycles. The molecule has 0 saturated carbocycles. The highest BCUT2D eigenvalue weighted by Gasteiger charge is 2.32. The molecule has 3 aromatic rings. The summed E-state index contributed by atoms with van der Waals surface area (Å²) in [5.74, 6) is 2.99. The molecule has 0 aromatic heterocycles. The standard InChI is InChI=1S/C29H34N2O4S/c1-6-20-9-7-8-19(2)28(20)30-29(36)31-15-14-21-16-26(33-4)27(34-5)17-24(21)25(31)18-35-23-12-10-22(32-3)11-13-23/h7-13,16-17,25H,6,14-15,18H2,1-5H3,(H,30,36). The number of hydrogen-bond acceptors (Lipinski definition) is 5. The van der Waals surface area contributed by atoms with Crippen molar-refractivity contribution in [3.8, 4) is 23.0 Å². The lowest BCUT2D eigenvalue weighted by Crippen LogP contribution is -2.44. The molecule has 1 atom stereocenters. The fourth-order valence-electron chi connectivity index (χ4n) is 4.68. The van der Waals surface area contributed by atoms with Crippen LogP contribution in [-0.2, 0) is 12.8 Å². The summed E-state index contributed by atoms with van der Waals surface area (Å²) in [7, 11) is 4.97. The number of ether oxygens (including phenoxy) is 4. The van der Waals surface area contributed by atoms with E-state index < -0.39 is 0 Å². The number of rotatable bonds is 8. The van der Waals surface area contributed by atoms with E-state index in [0.717, 1.165) is 47.9 Å². The van der Waals surface area contributed by atoms with Gasteiger partial charge in [-0.25, -0.2) is 0 Å². The second-order valence-electron chi connectivity index (χ2n) is 8.74. The number of fused-ring (bicyclic) bond motifs is 1. The molecule has 3 aromatic carbocycles. The third kappa shape index (κ3) is 5.36. The molecule has 0 aliphatic carbocycles. The van der Waals surface area contributed by atoms with Crippen LogP contribution in [0.1, 0.15) is 35.2 Å². The number of aryl methyl sites for hydroxylation is 2. The lowest BCUT2D eigenvalue weighted by Gasteiger charge is -2.39. The molecule has 190 valence electrons. The molecule has 1 aliphatic rings. The minimum atomic E-state index is -0.107. The normalized spacial score (nSPS) is 14.6. The quantitative estimate of drug-likeness (QED) is 0.379. The highest BCUT2D eigenvalue weighted by Crippen LogP contribution is 2.39. The molecule has 0 amide bonds. The summed E-state index contributed by atoms with van der Waals surface area (Å²) in [5.41, 5.74) is 5.83. The molecule has 1 unspecified atom stereocenters. The van der Waals surface area contributed by atoms with E-state index in [1.54, 1.807) is 21.3 Å². The number of methoxy groups -OCH3 is 3. The van der Waals surface area contributed by atoms with E-state index in [0.29, 0.717) is 17.5 Å². The summed E-state index contributed by atoms with van der Waals surface area (Å²) in [6.45, 7) is 5.45. The van der Waals surface area contributed by atoms with E-state index in [1.165, 1.54) is 16.7 Å². The van der Waals surface area contributed by atoms with E-state index in [9.17, 15) is 0 Å². The second-order valence-corrected chi connectivity index (χ2v) is 9.13. The maximum atomic E-state index is 6.27. The molecule has 6 nitrogen and oxygen atoms in total. The molecule has 0 saturated heterocycles.